The number of nitriles is 1. The normalized spacial score (nSPS) is 10.4. The number of amides is 1. The number of aromatic nitrogens is 1. The zero-order valence-electron chi connectivity index (χ0n) is 14.0. The molecule has 0 aliphatic heterocycles. The predicted octanol–water partition coefficient (Wildman–Crippen LogP) is 4.44. The Morgan fingerprint density at radius 1 is 1.27 bits per heavy atom. The Balaban J connectivity index is 1.59. The van der Waals surface area contributed by atoms with E-state index in [1.165, 1.54) is 23.1 Å². The van der Waals surface area contributed by atoms with Crippen molar-refractivity contribution in [3.63, 3.8) is 0 Å². The molecule has 0 N–H and O–H groups in total. The maximum absolute atomic E-state index is 12.6. The molecule has 0 fully saturated rings. The predicted molar refractivity (Wildman–Crippen MR) is 103 cm³/mol. The zero-order valence-corrected chi connectivity index (χ0v) is 15.6. The van der Waals surface area contributed by atoms with Crippen molar-refractivity contribution in [2.24, 2.45) is 0 Å². The van der Waals surface area contributed by atoms with Crippen LogP contribution in [0.4, 0.5) is 0 Å². The molecule has 26 heavy (non-hydrogen) atoms. The van der Waals surface area contributed by atoms with Crippen molar-refractivity contribution in [3.8, 4) is 17.3 Å². The lowest BCUT2D eigenvalue weighted by atomic mass is 10.2. The molecule has 0 bridgehead atoms. The van der Waals surface area contributed by atoms with E-state index in [1.54, 1.807) is 17.2 Å². The lowest BCUT2D eigenvalue weighted by Crippen LogP contribution is -2.32. The van der Waals surface area contributed by atoms with E-state index in [1.807, 2.05) is 41.8 Å². The fourth-order valence-electron chi connectivity index (χ4n) is 2.35. The summed E-state index contributed by atoms with van der Waals surface area (Å²) in [4.78, 5) is 18.8. The highest BCUT2D eigenvalue weighted by Gasteiger charge is 2.16. The average molecular weight is 383 g/mol. The van der Waals surface area contributed by atoms with Gasteiger partial charge in [0, 0.05) is 17.5 Å². The minimum absolute atomic E-state index is 0.0295. The molecule has 0 radical (unpaired) electrons. The molecular formula is C19H17N3O2S2. The molecule has 132 valence electrons. The zero-order chi connectivity index (χ0) is 18.2. The minimum atomic E-state index is -0.0295. The van der Waals surface area contributed by atoms with E-state index in [2.05, 4.69) is 11.1 Å². The van der Waals surface area contributed by atoms with Crippen LogP contribution in [0.15, 0.2) is 62.9 Å². The van der Waals surface area contributed by atoms with Gasteiger partial charge in [-0.25, -0.2) is 4.98 Å². The van der Waals surface area contributed by atoms with E-state index >= 15 is 0 Å². The first-order valence-corrected chi connectivity index (χ1v) is 9.93. The van der Waals surface area contributed by atoms with Crippen LogP contribution in [0.5, 0.6) is 0 Å². The van der Waals surface area contributed by atoms with Crippen LogP contribution < -0.4 is 0 Å². The Hall–Kier alpha value is -2.56. The second-order valence-electron chi connectivity index (χ2n) is 5.46. The van der Waals surface area contributed by atoms with Crippen molar-refractivity contribution >= 4 is 29.0 Å². The van der Waals surface area contributed by atoms with Crippen LogP contribution in [0.25, 0.3) is 11.3 Å². The summed E-state index contributed by atoms with van der Waals surface area (Å²) in [5, 5.41) is 10.8. The quantitative estimate of drug-likeness (QED) is 0.538. The molecule has 0 atom stereocenters. The molecule has 2 heterocycles. The molecule has 0 unspecified atom stereocenters. The number of carbonyl (C=O) groups excluding carboxylic acids is 1. The summed E-state index contributed by atoms with van der Waals surface area (Å²) in [6.07, 6.45) is 1.88. The highest BCUT2D eigenvalue weighted by molar-refractivity contribution is 8.01. The monoisotopic (exact) mass is 383 g/mol. The number of carbonyl (C=O) groups is 1. The van der Waals surface area contributed by atoms with Gasteiger partial charge < -0.3 is 9.32 Å². The third kappa shape index (κ3) is 4.97. The van der Waals surface area contributed by atoms with Gasteiger partial charge in [-0.2, -0.15) is 5.26 Å². The molecule has 3 aromatic rings. The number of hydrogen-bond donors (Lipinski definition) is 0. The van der Waals surface area contributed by atoms with Crippen LogP contribution in [0.1, 0.15) is 12.2 Å². The number of rotatable bonds is 8. The highest BCUT2D eigenvalue weighted by Crippen LogP contribution is 2.28. The van der Waals surface area contributed by atoms with E-state index in [9.17, 15) is 4.79 Å². The number of benzene rings is 1. The van der Waals surface area contributed by atoms with Gasteiger partial charge in [-0.1, -0.05) is 42.1 Å². The first-order valence-electron chi connectivity index (χ1n) is 8.07. The van der Waals surface area contributed by atoms with Crippen LogP contribution in [-0.2, 0) is 11.3 Å². The fraction of sp³-hybridized carbons (Fsp3) is 0.211. The van der Waals surface area contributed by atoms with E-state index in [0.29, 0.717) is 25.3 Å². The second kappa shape index (κ2) is 9.22. The van der Waals surface area contributed by atoms with Gasteiger partial charge in [0.1, 0.15) is 5.76 Å². The Labute approximate surface area is 160 Å². The smallest absolute Gasteiger partial charge is 0.233 e. The van der Waals surface area contributed by atoms with Crippen LogP contribution >= 0.6 is 23.1 Å². The van der Waals surface area contributed by atoms with E-state index in [-0.39, 0.29) is 11.7 Å². The Kier molecular flexibility index (Phi) is 6.47. The van der Waals surface area contributed by atoms with Crippen LogP contribution in [0.2, 0.25) is 0 Å². The molecule has 0 saturated heterocycles. The highest BCUT2D eigenvalue weighted by atomic mass is 32.2. The molecule has 2 aromatic heterocycles. The van der Waals surface area contributed by atoms with Gasteiger partial charge in [-0.15, -0.1) is 11.3 Å². The number of hydrogen-bond acceptors (Lipinski definition) is 6. The molecule has 0 aliphatic carbocycles. The minimum Gasteiger partial charge on any atom is -0.467 e. The van der Waals surface area contributed by atoms with E-state index < -0.39 is 0 Å². The number of nitrogens with zero attached hydrogens (tertiary/aromatic N) is 3. The third-order valence-corrected chi connectivity index (χ3v) is 5.65. The lowest BCUT2D eigenvalue weighted by molar-refractivity contribution is -0.129. The van der Waals surface area contributed by atoms with Crippen molar-refractivity contribution in [2.75, 3.05) is 12.3 Å². The van der Waals surface area contributed by atoms with Crippen molar-refractivity contribution in [1.82, 2.24) is 9.88 Å². The number of furan rings is 1. The lowest BCUT2D eigenvalue weighted by Gasteiger charge is -2.20. The summed E-state index contributed by atoms with van der Waals surface area (Å²) in [6, 6.07) is 15.7. The van der Waals surface area contributed by atoms with E-state index in [0.717, 1.165) is 15.6 Å². The molecule has 5 nitrogen and oxygen atoms in total. The number of thiazole rings is 1. The van der Waals surface area contributed by atoms with Crippen molar-refractivity contribution in [2.45, 2.75) is 17.3 Å². The van der Waals surface area contributed by atoms with Gasteiger partial charge >= 0.3 is 0 Å². The topological polar surface area (TPSA) is 70.1 Å². The van der Waals surface area contributed by atoms with Crippen molar-refractivity contribution < 1.29 is 9.21 Å². The van der Waals surface area contributed by atoms with Gasteiger partial charge in [-0.3, -0.25) is 4.79 Å². The van der Waals surface area contributed by atoms with Gasteiger partial charge in [0.25, 0.3) is 0 Å². The summed E-state index contributed by atoms with van der Waals surface area (Å²) in [6.45, 7) is 0.769. The van der Waals surface area contributed by atoms with Gasteiger partial charge in [0.15, 0.2) is 4.34 Å². The van der Waals surface area contributed by atoms with Gasteiger partial charge in [0.2, 0.25) is 5.91 Å². The first kappa shape index (κ1) is 18.2. The summed E-state index contributed by atoms with van der Waals surface area (Å²) < 4.78 is 6.17. The Morgan fingerprint density at radius 2 is 2.12 bits per heavy atom. The fourth-order valence-corrected chi connectivity index (χ4v) is 4.09. The SMILES string of the molecule is N#CCCN(Cc1ccco1)C(=O)CSc1nc(-c2ccccc2)cs1. The molecule has 1 amide bonds. The van der Waals surface area contributed by atoms with Crippen molar-refractivity contribution in [3.05, 3.63) is 59.9 Å². The molecule has 3 rings (SSSR count). The van der Waals surface area contributed by atoms with Gasteiger partial charge in [0.05, 0.1) is 36.7 Å². The standard InChI is InChI=1S/C19H17N3O2S2/c20-9-5-10-22(12-16-8-4-11-24-16)18(23)14-26-19-21-17(13-25-19)15-6-2-1-3-7-15/h1-4,6-8,11,13H,5,10,12,14H2. The maximum atomic E-state index is 12.6. The summed E-state index contributed by atoms with van der Waals surface area (Å²) in [5.74, 6) is 0.966. The Morgan fingerprint density at radius 3 is 2.85 bits per heavy atom. The number of thioether (sulfide) groups is 1. The van der Waals surface area contributed by atoms with Crippen molar-refractivity contribution in [1.29, 1.82) is 5.26 Å². The van der Waals surface area contributed by atoms with Gasteiger partial charge in [-0.05, 0) is 12.1 Å². The van der Waals surface area contributed by atoms with Crippen LogP contribution in [-0.4, -0.2) is 28.1 Å². The third-order valence-electron chi connectivity index (χ3n) is 3.64. The summed E-state index contributed by atoms with van der Waals surface area (Å²) in [5.41, 5.74) is 1.98. The molecular weight excluding hydrogens is 366 g/mol. The summed E-state index contributed by atoms with van der Waals surface area (Å²) >= 11 is 2.95. The molecule has 0 saturated carbocycles. The summed E-state index contributed by atoms with van der Waals surface area (Å²) in [7, 11) is 0. The molecule has 1 aromatic carbocycles. The van der Waals surface area contributed by atoms with Crippen LogP contribution in [0, 0.1) is 11.3 Å². The average Bonchev–Trinajstić information content (AvgIpc) is 3.36. The Bertz CT molecular complexity index is 870. The maximum Gasteiger partial charge on any atom is 0.233 e. The molecule has 0 spiro atoms. The molecule has 0 aliphatic rings. The second-order valence-corrected chi connectivity index (χ2v) is 7.54. The molecule has 7 heteroatoms. The first-order chi connectivity index (χ1) is 12.8. The van der Waals surface area contributed by atoms with Crippen LogP contribution in [0.3, 0.4) is 0 Å². The van der Waals surface area contributed by atoms with E-state index in [4.69, 9.17) is 9.68 Å². The largest absolute Gasteiger partial charge is 0.467 e.